The van der Waals surface area contributed by atoms with E-state index in [9.17, 15) is 14.0 Å². The Morgan fingerprint density at radius 2 is 1.72 bits per heavy atom. The first kappa shape index (κ1) is 18.9. The van der Waals surface area contributed by atoms with Crippen LogP contribution in [0.1, 0.15) is 18.4 Å². The molecule has 0 aliphatic heterocycles. The SMILES string of the molecule is O=C(CCC(=O)Nc1ccc(F)cc1)NN=Cc1cccc(Cl)c1Cl. The van der Waals surface area contributed by atoms with Crippen molar-refractivity contribution in [2.45, 2.75) is 12.8 Å². The van der Waals surface area contributed by atoms with Crippen molar-refractivity contribution in [3.05, 3.63) is 63.9 Å². The topological polar surface area (TPSA) is 70.6 Å². The molecule has 2 amide bonds. The zero-order valence-corrected chi connectivity index (χ0v) is 14.4. The molecular formula is C17H14Cl2FN3O2. The zero-order chi connectivity index (χ0) is 18.2. The van der Waals surface area contributed by atoms with E-state index in [1.54, 1.807) is 18.2 Å². The Balaban J connectivity index is 1.76. The second kappa shape index (κ2) is 9.15. The van der Waals surface area contributed by atoms with E-state index in [2.05, 4.69) is 15.8 Å². The van der Waals surface area contributed by atoms with Crippen LogP contribution < -0.4 is 10.7 Å². The molecule has 5 nitrogen and oxygen atoms in total. The van der Waals surface area contributed by atoms with Crippen LogP contribution in [0.15, 0.2) is 47.6 Å². The van der Waals surface area contributed by atoms with Gasteiger partial charge in [-0.1, -0.05) is 35.3 Å². The molecule has 0 fully saturated rings. The molecule has 0 heterocycles. The summed E-state index contributed by atoms with van der Waals surface area (Å²) in [5.74, 6) is -1.18. The van der Waals surface area contributed by atoms with Gasteiger partial charge in [0.15, 0.2) is 0 Å². The minimum atomic E-state index is -0.427. The van der Waals surface area contributed by atoms with E-state index in [0.717, 1.165) is 0 Å². The van der Waals surface area contributed by atoms with Crippen LogP contribution in [-0.2, 0) is 9.59 Å². The average Bonchev–Trinajstić information content (AvgIpc) is 2.59. The Labute approximate surface area is 153 Å². The number of benzene rings is 2. The normalized spacial score (nSPS) is 10.7. The molecule has 0 aliphatic carbocycles. The summed E-state index contributed by atoms with van der Waals surface area (Å²) in [4.78, 5) is 23.4. The van der Waals surface area contributed by atoms with Crippen LogP contribution in [0.4, 0.5) is 10.1 Å². The van der Waals surface area contributed by atoms with Crippen LogP contribution in [0, 0.1) is 5.82 Å². The van der Waals surface area contributed by atoms with Crippen molar-refractivity contribution < 1.29 is 14.0 Å². The average molecular weight is 382 g/mol. The lowest BCUT2D eigenvalue weighted by Crippen LogP contribution is -2.20. The highest BCUT2D eigenvalue weighted by molar-refractivity contribution is 6.43. The highest BCUT2D eigenvalue weighted by Gasteiger charge is 2.07. The smallest absolute Gasteiger partial charge is 0.240 e. The van der Waals surface area contributed by atoms with Crippen LogP contribution >= 0.6 is 23.2 Å². The number of halogens is 3. The van der Waals surface area contributed by atoms with Crippen molar-refractivity contribution in [2.75, 3.05) is 5.32 Å². The van der Waals surface area contributed by atoms with Crippen LogP contribution in [0.3, 0.4) is 0 Å². The van der Waals surface area contributed by atoms with Crippen molar-refractivity contribution in [3.63, 3.8) is 0 Å². The van der Waals surface area contributed by atoms with Crippen molar-refractivity contribution in [3.8, 4) is 0 Å². The third kappa shape index (κ3) is 6.17. The van der Waals surface area contributed by atoms with Gasteiger partial charge in [0.05, 0.1) is 16.3 Å². The van der Waals surface area contributed by atoms with Gasteiger partial charge in [0.1, 0.15) is 5.82 Å². The molecular weight excluding hydrogens is 368 g/mol. The van der Waals surface area contributed by atoms with Crippen molar-refractivity contribution in [1.29, 1.82) is 0 Å². The molecule has 0 atom stereocenters. The molecule has 2 aromatic carbocycles. The lowest BCUT2D eigenvalue weighted by Gasteiger charge is -2.04. The second-order valence-electron chi connectivity index (χ2n) is 4.99. The van der Waals surface area contributed by atoms with Crippen LogP contribution in [0.2, 0.25) is 10.0 Å². The summed E-state index contributed by atoms with van der Waals surface area (Å²) in [6.07, 6.45) is 1.29. The summed E-state index contributed by atoms with van der Waals surface area (Å²) < 4.78 is 12.8. The van der Waals surface area contributed by atoms with Gasteiger partial charge in [-0.15, -0.1) is 0 Å². The third-order valence-electron chi connectivity index (χ3n) is 3.08. The molecule has 0 aromatic heterocycles. The maximum atomic E-state index is 12.8. The summed E-state index contributed by atoms with van der Waals surface area (Å²) in [5.41, 5.74) is 3.32. The third-order valence-corrected chi connectivity index (χ3v) is 3.91. The molecule has 0 saturated carbocycles. The largest absolute Gasteiger partial charge is 0.326 e. The Kier molecular flexibility index (Phi) is 6.91. The lowest BCUT2D eigenvalue weighted by molar-refractivity contribution is -0.124. The lowest BCUT2D eigenvalue weighted by atomic mass is 10.2. The quantitative estimate of drug-likeness (QED) is 0.586. The highest BCUT2D eigenvalue weighted by Crippen LogP contribution is 2.24. The van der Waals surface area contributed by atoms with Gasteiger partial charge in [-0.25, -0.2) is 9.82 Å². The molecule has 2 N–H and O–H groups in total. The summed E-state index contributed by atoms with van der Waals surface area (Å²) in [6, 6.07) is 10.4. The number of hydrogen-bond acceptors (Lipinski definition) is 3. The van der Waals surface area contributed by atoms with E-state index in [1.165, 1.54) is 30.5 Å². The molecule has 8 heteroatoms. The van der Waals surface area contributed by atoms with E-state index in [0.29, 0.717) is 21.3 Å². The second-order valence-corrected chi connectivity index (χ2v) is 5.78. The van der Waals surface area contributed by atoms with Crippen molar-refractivity contribution in [1.82, 2.24) is 5.43 Å². The Morgan fingerprint density at radius 1 is 1.04 bits per heavy atom. The number of amides is 2. The van der Waals surface area contributed by atoms with E-state index in [4.69, 9.17) is 23.2 Å². The first-order valence-corrected chi connectivity index (χ1v) is 8.02. The first-order valence-electron chi connectivity index (χ1n) is 7.27. The molecule has 0 aliphatic rings. The fourth-order valence-corrected chi connectivity index (χ4v) is 2.19. The van der Waals surface area contributed by atoms with E-state index in [-0.39, 0.29) is 18.7 Å². The van der Waals surface area contributed by atoms with E-state index >= 15 is 0 Å². The van der Waals surface area contributed by atoms with E-state index in [1.807, 2.05) is 0 Å². The Morgan fingerprint density at radius 3 is 2.44 bits per heavy atom. The summed E-state index contributed by atoms with van der Waals surface area (Å²) in [5, 5.41) is 7.06. The molecule has 0 spiro atoms. The predicted octanol–water partition coefficient (Wildman–Crippen LogP) is 4.00. The summed E-state index contributed by atoms with van der Waals surface area (Å²) in [6.45, 7) is 0. The fraction of sp³-hybridized carbons (Fsp3) is 0.118. The minimum Gasteiger partial charge on any atom is -0.326 e. The monoisotopic (exact) mass is 381 g/mol. The summed E-state index contributed by atoms with van der Waals surface area (Å²) in [7, 11) is 0. The minimum absolute atomic E-state index is 0.0311. The maximum Gasteiger partial charge on any atom is 0.240 e. The van der Waals surface area contributed by atoms with E-state index < -0.39 is 11.7 Å². The van der Waals surface area contributed by atoms with Crippen LogP contribution in [-0.4, -0.2) is 18.0 Å². The number of nitrogens with one attached hydrogen (secondary N) is 2. The predicted molar refractivity (Wildman–Crippen MR) is 96.5 cm³/mol. The van der Waals surface area contributed by atoms with Crippen molar-refractivity contribution in [2.24, 2.45) is 5.10 Å². The van der Waals surface area contributed by atoms with Gasteiger partial charge < -0.3 is 5.32 Å². The number of nitrogens with zero attached hydrogens (tertiary/aromatic N) is 1. The number of hydrazone groups is 1. The first-order chi connectivity index (χ1) is 12.0. The molecule has 25 heavy (non-hydrogen) atoms. The zero-order valence-electron chi connectivity index (χ0n) is 12.9. The number of carbonyl (C=O) groups is 2. The van der Waals surface area contributed by atoms with Gasteiger partial charge in [-0.05, 0) is 30.3 Å². The molecule has 0 radical (unpaired) electrons. The number of hydrogen-bond donors (Lipinski definition) is 2. The molecule has 2 rings (SSSR count). The Hall–Kier alpha value is -2.44. The van der Waals surface area contributed by atoms with Gasteiger partial charge in [0.2, 0.25) is 11.8 Å². The highest BCUT2D eigenvalue weighted by atomic mass is 35.5. The molecule has 2 aromatic rings. The van der Waals surface area contributed by atoms with Gasteiger partial charge in [-0.2, -0.15) is 5.10 Å². The molecule has 0 saturated heterocycles. The van der Waals surface area contributed by atoms with Crippen LogP contribution in [0.5, 0.6) is 0 Å². The fourth-order valence-electron chi connectivity index (χ4n) is 1.83. The molecule has 0 bridgehead atoms. The standard InChI is InChI=1S/C17H14Cl2FN3O2/c18-14-3-1-2-11(17(14)19)10-21-23-16(25)9-8-15(24)22-13-6-4-12(20)5-7-13/h1-7,10H,8-9H2,(H,22,24)(H,23,25). The van der Waals surface area contributed by atoms with Gasteiger partial charge in [0.25, 0.3) is 0 Å². The Bertz CT molecular complexity index is 795. The number of carbonyl (C=O) groups excluding carboxylic acids is 2. The van der Waals surface area contributed by atoms with Gasteiger partial charge >= 0.3 is 0 Å². The maximum absolute atomic E-state index is 12.8. The number of rotatable bonds is 6. The molecule has 130 valence electrons. The van der Waals surface area contributed by atoms with Gasteiger partial charge in [0, 0.05) is 24.1 Å². The molecule has 0 unspecified atom stereocenters. The summed E-state index contributed by atoms with van der Waals surface area (Å²) >= 11 is 11.9. The number of anilines is 1. The van der Waals surface area contributed by atoms with Crippen molar-refractivity contribution >= 4 is 46.9 Å². The van der Waals surface area contributed by atoms with Gasteiger partial charge in [-0.3, -0.25) is 9.59 Å². The van der Waals surface area contributed by atoms with Crippen LogP contribution in [0.25, 0.3) is 0 Å².